The highest BCUT2D eigenvalue weighted by atomic mass is 79.9. The first kappa shape index (κ1) is 16.0. The van der Waals surface area contributed by atoms with Crippen LogP contribution in [0.1, 0.15) is 38.8 Å². The molecule has 1 rings (SSSR count). The Morgan fingerprint density at radius 1 is 1.47 bits per heavy atom. The lowest BCUT2D eigenvalue weighted by Gasteiger charge is -2.22. The highest BCUT2D eigenvalue weighted by molar-refractivity contribution is 9.10. The Kier molecular flexibility index (Phi) is 6.31. The van der Waals surface area contributed by atoms with Gasteiger partial charge in [0, 0.05) is 16.1 Å². The smallest absolute Gasteiger partial charge is 0.322 e. The van der Waals surface area contributed by atoms with Crippen LogP contribution < -0.4 is 5.32 Å². The van der Waals surface area contributed by atoms with Crippen LogP contribution in [0.5, 0.6) is 5.75 Å². The van der Waals surface area contributed by atoms with Gasteiger partial charge in [-0.3, -0.25) is 10.1 Å². The summed E-state index contributed by atoms with van der Waals surface area (Å²) >= 11 is 3.38. The van der Waals surface area contributed by atoms with Gasteiger partial charge < -0.3 is 9.84 Å². The van der Waals surface area contributed by atoms with Gasteiger partial charge >= 0.3 is 5.97 Å². The minimum Gasteiger partial charge on any atom is -0.508 e. The number of hydrogen-bond donors (Lipinski definition) is 2. The summed E-state index contributed by atoms with van der Waals surface area (Å²) in [6.45, 7) is 5.90. The fraction of sp³-hybridized carbons (Fsp3) is 0.500. The van der Waals surface area contributed by atoms with E-state index in [4.69, 9.17) is 4.74 Å². The molecule has 1 aromatic rings. The number of aromatic hydroxyl groups is 1. The Bertz CT molecular complexity index is 437. The zero-order valence-electron chi connectivity index (χ0n) is 11.4. The van der Waals surface area contributed by atoms with E-state index < -0.39 is 6.04 Å². The number of ether oxygens (including phenoxy) is 1. The maximum Gasteiger partial charge on any atom is 0.322 e. The Labute approximate surface area is 122 Å². The molecular weight excluding hydrogens is 310 g/mol. The van der Waals surface area contributed by atoms with Crippen molar-refractivity contribution in [2.45, 2.75) is 39.3 Å². The van der Waals surface area contributed by atoms with Gasteiger partial charge in [-0.25, -0.2) is 0 Å². The zero-order valence-corrected chi connectivity index (χ0v) is 13.0. The van der Waals surface area contributed by atoms with E-state index in [2.05, 4.69) is 21.2 Å². The van der Waals surface area contributed by atoms with E-state index in [9.17, 15) is 9.90 Å². The van der Waals surface area contributed by atoms with E-state index in [1.807, 2.05) is 13.0 Å². The van der Waals surface area contributed by atoms with E-state index in [-0.39, 0.29) is 17.8 Å². The molecule has 0 aliphatic rings. The van der Waals surface area contributed by atoms with Crippen molar-refractivity contribution in [3.63, 3.8) is 0 Å². The van der Waals surface area contributed by atoms with E-state index in [1.165, 1.54) is 0 Å². The van der Waals surface area contributed by atoms with Gasteiger partial charge in [0.05, 0.1) is 6.61 Å². The van der Waals surface area contributed by atoms with Crippen molar-refractivity contribution in [1.82, 2.24) is 5.32 Å². The van der Waals surface area contributed by atoms with Crippen molar-refractivity contribution in [3.05, 3.63) is 28.2 Å². The predicted octanol–water partition coefficient (Wildman–Crippen LogP) is 3.15. The van der Waals surface area contributed by atoms with Crippen molar-refractivity contribution in [3.8, 4) is 5.75 Å². The van der Waals surface area contributed by atoms with E-state index in [0.717, 1.165) is 16.5 Å². The normalized spacial score (nSPS) is 13.9. The van der Waals surface area contributed by atoms with E-state index >= 15 is 0 Å². The topological polar surface area (TPSA) is 58.6 Å². The SMILES string of the molecule is CCOC(=O)C(C)NC(CC)c1cc(Br)ccc1O. The molecule has 0 saturated heterocycles. The lowest BCUT2D eigenvalue weighted by atomic mass is 10.0. The number of phenolic OH excluding ortho intramolecular Hbond substituents is 1. The Balaban J connectivity index is 2.83. The fourth-order valence-electron chi connectivity index (χ4n) is 1.87. The Morgan fingerprint density at radius 2 is 2.16 bits per heavy atom. The number of halogens is 1. The van der Waals surface area contributed by atoms with Crippen LogP contribution in [0.15, 0.2) is 22.7 Å². The van der Waals surface area contributed by atoms with Gasteiger partial charge in [0.25, 0.3) is 0 Å². The van der Waals surface area contributed by atoms with Crippen LogP contribution >= 0.6 is 15.9 Å². The number of esters is 1. The van der Waals surface area contributed by atoms with Gasteiger partial charge in [0.1, 0.15) is 11.8 Å². The standard InChI is InChI=1S/C14H20BrNO3/c1-4-12(16-9(3)14(18)19-5-2)11-8-10(15)6-7-13(11)17/h6-9,12,16-17H,4-5H2,1-3H3. The molecule has 0 amide bonds. The molecule has 0 heterocycles. The molecule has 0 fully saturated rings. The number of rotatable bonds is 6. The third-order valence-electron chi connectivity index (χ3n) is 2.86. The first-order chi connectivity index (χ1) is 8.99. The van der Waals surface area contributed by atoms with E-state index in [0.29, 0.717) is 6.61 Å². The van der Waals surface area contributed by atoms with Crippen molar-refractivity contribution < 1.29 is 14.6 Å². The molecule has 19 heavy (non-hydrogen) atoms. The Hall–Kier alpha value is -1.07. The van der Waals surface area contributed by atoms with Crippen molar-refractivity contribution in [1.29, 1.82) is 0 Å². The number of carbonyl (C=O) groups excluding carboxylic acids is 1. The molecular formula is C14H20BrNO3. The second kappa shape index (κ2) is 7.50. The molecule has 4 nitrogen and oxygen atoms in total. The van der Waals surface area contributed by atoms with Crippen molar-refractivity contribution in [2.24, 2.45) is 0 Å². The summed E-state index contributed by atoms with van der Waals surface area (Å²) in [5, 5.41) is 13.1. The average molecular weight is 330 g/mol. The Morgan fingerprint density at radius 3 is 2.74 bits per heavy atom. The maximum atomic E-state index is 11.6. The fourth-order valence-corrected chi connectivity index (χ4v) is 2.25. The van der Waals surface area contributed by atoms with Gasteiger partial charge in [-0.15, -0.1) is 0 Å². The number of hydrogen-bond acceptors (Lipinski definition) is 4. The average Bonchev–Trinajstić information content (AvgIpc) is 2.39. The van der Waals surface area contributed by atoms with Crippen LogP contribution in [-0.4, -0.2) is 23.7 Å². The van der Waals surface area contributed by atoms with Crippen LogP contribution in [0.4, 0.5) is 0 Å². The number of benzene rings is 1. The molecule has 0 bridgehead atoms. The molecule has 2 unspecified atom stereocenters. The van der Waals surface area contributed by atoms with Crippen LogP contribution in [0.2, 0.25) is 0 Å². The molecule has 0 aliphatic carbocycles. The van der Waals surface area contributed by atoms with Crippen LogP contribution in [0, 0.1) is 0 Å². The molecule has 0 saturated carbocycles. The highest BCUT2D eigenvalue weighted by Crippen LogP contribution is 2.29. The summed E-state index contributed by atoms with van der Waals surface area (Å²) < 4.78 is 5.86. The molecule has 5 heteroatoms. The van der Waals surface area contributed by atoms with E-state index in [1.54, 1.807) is 26.0 Å². The van der Waals surface area contributed by atoms with Crippen molar-refractivity contribution >= 4 is 21.9 Å². The van der Waals surface area contributed by atoms with Gasteiger partial charge in [-0.1, -0.05) is 22.9 Å². The number of nitrogens with one attached hydrogen (secondary N) is 1. The largest absolute Gasteiger partial charge is 0.508 e. The molecule has 0 aliphatic heterocycles. The quantitative estimate of drug-likeness (QED) is 0.787. The summed E-state index contributed by atoms with van der Waals surface area (Å²) in [6, 6.07) is 4.76. The molecule has 0 aromatic heterocycles. The van der Waals surface area contributed by atoms with Gasteiger partial charge in [0.15, 0.2) is 0 Å². The molecule has 0 radical (unpaired) electrons. The summed E-state index contributed by atoms with van der Waals surface area (Å²) in [4.78, 5) is 11.6. The molecule has 0 spiro atoms. The van der Waals surface area contributed by atoms with Crippen molar-refractivity contribution in [2.75, 3.05) is 6.61 Å². The third-order valence-corrected chi connectivity index (χ3v) is 3.36. The molecule has 2 N–H and O–H groups in total. The lowest BCUT2D eigenvalue weighted by molar-refractivity contribution is -0.145. The van der Waals surface area contributed by atoms with Gasteiger partial charge in [0.2, 0.25) is 0 Å². The van der Waals surface area contributed by atoms with Gasteiger partial charge in [-0.2, -0.15) is 0 Å². The van der Waals surface area contributed by atoms with Gasteiger partial charge in [-0.05, 0) is 38.5 Å². The lowest BCUT2D eigenvalue weighted by Crippen LogP contribution is -2.37. The highest BCUT2D eigenvalue weighted by Gasteiger charge is 2.21. The monoisotopic (exact) mass is 329 g/mol. The third kappa shape index (κ3) is 4.51. The van der Waals surface area contributed by atoms with Crippen LogP contribution in [-0.2, 0) is 9.53 Å². The molecule has 106 valence electrons. The summed E-state index contributed by atoms with van der Waals surface area (Å²) in [6.07, 6.45) is 0.758. The van der Waals surface area contributed by atoms with Crippen LogP contribution in [0.25, 0.3) is 0 Å². The first-order valence-electron chi connectivity index (χ1n) is 6.40. The zero-order chi connectivity index (χ0) is 14.4. The number of phenols is 1. The number of carbonyl (C=O) groups is 1. The minimum absolute atomic E-state index is 0.100. The predicted molar refractivity (Wildman–Crippen MR) is 78.1 cm³/mol. The molecule has 1 aromatic carbocycles. The minimum atomic E-state index is -0.414. The maximum absolute atomic E-state index is 11.6. The summed E-state index contributed by atoms with van der Waals surface area (Å²) in [5.41, 5.74) is 0.771. The first-order valence-corrected chi connectivity index (χ1v) is 7.20. The second-order valence-electron chi connectivity index (χ2n) is 4.30. The second-order valence-corrected chi connectivity index (χ2v) is 5.22. The summed E-state index contributed by atoms with van der Waals surface area (Å²) in [5.74, 6) is -0.0611. The summed E-state index contributed by atoms with van der Waals surface area (Å²) in [7, 11) is 0. The van der Waals surface area contributed by atoms with Crippen LogP contribution in [0.3, 0.4) is 0 Å². The molecule has 2 atom stereocenters.